The maximum absolute atomic E-state index is 5.35. The lowest BCUT2D eigenvalue weighted by atomic mass is 10.2. The number of rotatable bonds is 4. The second-order valence-corrected chi connectivity index (χ2v) is 5.04. The molecule has 0 saturated carbocycles. The van der Waals surface area contributed by atoms with Gasteiger partial charge in [0, 0.05) is 25.9 Å². The SMILES string of the molecule is CNc1snc(C)c1-c1nc(Cc2ccncc2)no1. The van der Waals surface area contributed by atoms with Crippen LogP contribution in [0.2, 0.25) is 0 Å². The van der Waals surface area contributed by atoms with Crippen LogP contribution in [0.5, 0.6) is 0 Å². The molecule has 102 valence electrons. The molecule has 0 fully saturated rings. The van der Waals surface area contributed by atoms with Crippen molar-refractivity contribution < 1.29 is 4.52 Å². The highest BCUT2D eigenvalue weighted by Gasteiger charge is 2.18. The van der Waals surface area contributed by atoms with Crippen LogP contribution in [0.3, 0.4) is 0 Å². The molecule has 0 aliphatic rings. The van der Waals surface area contributed by atoms with E-state index in [4.69, 9.17) is 4.52 Å². The molecule has 3 rings (SSSR count). The number of nitrogens with one attached hydrogen (secondary N) is 1. The van der Waals surface area contributed by atoms with Crippen LogP contribution in [-0.4, -0.2) is 26.5 Å². The van der Waals surface area contributed by atoms with Gasteiger partial charge >= 0.3 is 0 Å². The molecule has 3 aromatic rings. The lowest BCUT2D eigenvalue weighted by molar-refractivity contribution is 0.424. The highest BCUT2D eigenvalue weighted by atomic mass is 32.1. The fraction of sp³-hybridized carbons (Fsp3) is 0.231. The van der Waals surface area contributed by atoms with E-state index < -0.39 is 0 Å². The molecule has 0 aliphatic heterocycles. The molecule has 0 saturated heterocycles. The summed E-state index contributed by atoms with van der Waals surface area (Å²) >= 11 is 1.39. The summed E-state index contributed by atoms with van der Waals surface area (Å²) in [5.41, 5.74) is 2.87. The van der Waals surface area contributed by atoms with Crippen LogP contribution in [0.4, 0.5) is 5.00 Å². The van der Waals surface area contributed by atoms with Crippen LogP contribution >= 0.6 is 11.5 Å². The smallest absolute Gasteiger partial charge is 0.262 e. The Morgan fingerprint density at radius 1 is 1.30 bits per heavy atom. The average molecular weight is 287 g/mol. The van der Waals surface area contributed by atoms with Gasteiger partial charge in [0.1, 0.15) is 5.00 Å². The third-order valence-electron chi connectivity index (χ3n) is 2.88. The van der Waals surface area contributed by atoms with E-state index in [0.29, 0.717) is 18.1 Å². The van der Waals surface area contributed by atoms with Crippen molar-refractivity contribution in [3.8, 4) is 11.5 Å². The van der Waals surface area contributed by atoms with E-state index in [1.165, 1.54) is 11.5 Å². The molecular weight excluding hydrogens is 274 g/mol. The van der Waals surface area contributed by atoms with Crippen molar-refractivity contribution in [1.82, 2.24) is 19.5 Å². The molecule has 0 atom stereocenters. The Morgan fingerprint density at radius 2 is 2.10 bits per heavy atom. The largest absolute Gasteiger partial charge is 0.378 e. The highest BCUT2D eigenvalue weighted by molar-refractivity contribution is 7.10. The number of hydrogen-bond acceptors (Lipinski definition) is 7. The Morgan fingerprint density at radius 3 is 2.85 bits per heavy atom. The van der Waals surface area contributed by atoms with Gasteiger partial charge in [-0.15, -0.1) is 0 Å². The van der Waals surface area contributed by atoms with E-state index in [1.54, 1.807) is 12.4 Å². The minimum absolute atomic E-state index is 0.504. The second-order valence-electron chi connectivity index (χ2n) is 4.27. The van der Waals surface area contributed by atoms with Gasteiger partial charge in [-0.1, -0.05) is 5.16 Å². The molecule has 0 aliphatic carbocycles. The van der Waals surface area contributed by atoms with E-state index in [-0.39, 0.29) is 0 Å². The van der Waals surface area contributed by atoms with Crippen molar-refractivity contribution >= 4 is 16.5 Å². The van der Waals surface area contributed by atoms with Crippen molar-refractivity contribution in [2.45, 2.75) is 13.3 Å². The summed E-state index contributed by atoms with van der Waals surface area (Å²) in [5.74, 6) is 1.16. The summed E-state index contributed by atoms with van der Waals surface area (Å²) in [4.78, 5) is 8.43. The van der Waals surface area contributed by atoms with Crippen molar-refractivity contribution in [3.63, 3.8) is 0 Å². The predicted molar refractivity (Wildman–Crippen MR) is 76.7 cm³/mol. The number of aryl methyl sites for hydroxylation is 1. The molecule has 3 aromatic heterocycles. The van der Waals surface area contributed by atoms with Gasteiger partial charge < -0.3 is 9.84 Å². The summed E-state index contributed by atoms with van der Waals surface area (Å²) in [6.07, 6.45) is 4.13. The molecule has 20 heavy (non-hydrogen) atoms. The van der Waals surface area contributed by atoms with Crippen molar-refractivity contribution in [2.75, 3.05) is 12.4 Å². The Hall–Kier alpha value is -2.28. The molecule has 6 nitrogen and oxygen atoms in total. The Bertz CT molecular complexity index is 707. The van der Waals surface area contributed by atoms with E-state index in [2.05, 4.69) is 24.8 Å². The summed E-state index contributed by atoms with van der Waals surface area (Å²) in [6, 6.07) is 3.87. The third-order valence-corrected chi connectivity index (χ3v) is 3.84. The van der Waals surface area contributed by atoms with E-state index in [1.807, 2.05) is 26.1 Å². The molecule has 7 heteroatoms. The van der Waals surface area contributed by atoms with Crippen LogP contribution in [0.1, 0.15) is 17.1 Å². The zero-order valence-electron chi connectivity index (χ0n) is 11.1. The highest BCUT2D eigenvalue weighted by Crippen LogP contribution is 2.33. The first-order valence-electron chi connectivity index (χ1n) is 6.14. The van der Waals surface area contributed by atoms with Gasteiger partial charge in [0.15, 0.2) is 5.82 Å². The number of nitrogens with zero attached hydrogens (tertiary/aromatic N) is 4. The summed E-state index contributed by atoms with van der Waals surface area (Å²) in [5, 5.41) is 8.05. The topological polar surface area (TPSA) is 76.7 Å². The van der Waals surface area contributed by atoms with Gasteiger partial charge in [-0.25, -0.2) is 0 Å². The molecular formula is C13H13N5OS. The van der Waals surface area contributed by atoms with Crippen molar-refractivity contribution in [3.05, 3.63) is 41.6 Å². The second kappa shape index (κ2) is 5.38. The molecule has 0 radical (unpaired) electrons. The van der Waals surface area contributed by atoms with E-state index in [9.17, 15) is 0 Å². The zero-order chi connectivity index (χ0) is 13.9. The van der Waals surface area contributed by atoms with Crippen molar-refractivity contribution in [1.29, 1.82) is 0 Å². The van der Waals surface area contributed by atoms with E-state index in [0.717, 1.165) is 21.8 Å². The van der Waals surface area contributed by atoms with Gasteiger partial charge in [0.25, 0.3) is 5.89 Å². The minimum Gasteiger partial charge on any atom is -0.378 e. The standard InChI is InChI=1S/C13H13N5OS/c1-8-11(13(14-2)20-18-8)12-16-10(17-19-12)7-9-3-5-15-6-4-9/h3-6,14H,7H2,1-2H3. The lowest BCUT2D eigenvalue weighted by Gasteiger charge is -1.96. The van der Waals surface area contributed by atoms with Crippen LogP contribution in [0.15, 0.2) is 29.0 Å². The lowest BCUT2D eigenvalue weighted by Crippen LogP contribution is -1.92. The van der Waals surface area contributed by atoms with Crippen LogP contribution in [0, 0.1) is 6.92 Å². The minimum atomic E-state index is 0.504. The zero-order valence-corrected chi connectivity index (χ0v) is 11.9. The normalized spacial score (nSPS) is 10.7. The Balaban J connectivity index is 1.89. The summed E-state index contributed by atoms with van der Waals surface area (Å²) in [6.45, 7) is 1.93. The maximum Gasteiger partial charge on any atom is 0.262 e. The van der Waals surface area contributed by atoms with Gasteiger partial charge in [0.2, 0.25) is 0 Å². The fourth-order valence-electron chi connectivity index (χ4n) is 1.90. The molecule has 1 N–H and O–H groups in total. The van der Waals surface area contributed by atoms with E-state index >= 15 is 0 Å². The number of anilines is 1. The van der Waals surface area contributed by atoms with Gasteiger partial charge in [-0.05, 0) is 36.2 Å². The quantitative estimate of drug-likeness (QED) is 0.794. The summed E-state index contributed by atoms with van der Waals surface area (Å²) < 4.78 is 9.65. The number of aromatic nitrogens is 4. The predicted octanol–water partition coefficient (Wildman–Crippen LogP) is 2.53. The molecule has 0 bridgehead atoms. The number of pyridine rings is 1. The first kappa shape index (κ1) is 12.7. The monoisotopic (exact) mass is 287 g/mol. The first-order valence-corrected chi connectivity index (χ1v) is 6.91. The van der Waals surface area contributed by atoms with Crippen LogP contribution in [-0.2, 0) is 6.42 Å². The van der Waals surface area contributed by atoms with Gasteiger partial charge in [-0.2, -0.15) is 9.36 Å². The Labute approximate surface area is 120 Å². The molecule has 0 spiro atoms. The van der Waals surface area contributed by atoms with Gasteiger partial charge in [-0.3, -0.25) is 4.98 Å². The molecule has 0 aromatic carbocycles. The number of hydrogen-bond donors (Lipinski definition) is 1. The first-order chi connectivity index (χ1) is 9.78. The summed E-state index contributed by atoms with van der Waals surface area (Å²) in [7, 11) is 1.85. The molecule has 0 unspecified atom stereocenters. The Kier molecular flexibility index (Phi) is 3.42. The average Bonchev–Trinajstić information content (AvgIpc) is 3.06. The molecule has 0 amide bonds. The van der Waals surface area contributed by atoms with Gasteiger partial charge in [0.05, 0.1) is 11.3 Å². The third kappa shape index (κ3) is 2.39. The van der Waals surface area contributed by atoms with Crippen LogP contribution in [0.25, 0.3) is 11.5 Å². The van der Waals surface area contributed by atoms with Crippen LogP contribution < -0.4 is 5.32 Å². The van der Waals surface area contributed by atoms with Crippen molar-refractivity contribution in [2.24, 2.45) is 0 Å². The molecule has 3 heterocycles. The maximum atomic E-state index is 5.35. The fourth-order valence-corrected chi connectivity index (χ4v) is 2.64.